The summed E-state index contributed by atoms with van der Waals surface area (Å²) in [5.41, 5.74) is 1.59. The van der Waals surface area contributed by atoms with Gasteiger partial charge in [-0.2, -0.15) is 0 Å². The molecule has 0 aromatic carbocycles. The van der Waals surface area contributed by atoms with Crippen LogP contribution in [-0.4, -0.2) is 28.4 Å². The first kappa shape index (κ1) is 13.5. The molecule has 0 bridgehead atoms. The van der Waals surface area contributed by atoms with E-state index in [9.17, 15) is 4.79 Å². The second kappa shape index (κ2) is 5.39. The van der Waals surface area contributed by atoms with E-state index in [2.05, 4.69) is 34.8 Å². The Morgan fingerprint density at radius 2 is 2.28 bits per heavy atom. The van der Waals surface area contributed by atoms with Crippen LogP contribution in [0.15, 0.2) is 16.7 Å². The summed E-state index contributed by atoms with van der Waals surface area (Å²) in [6.45, 7) is 7.18. The van der Waals surface area contributed by atoms with E-state index in [0.717, 1.165) is 29.4 Å². The van der Waals surface area contributed by atoms with Crippen LogP contribution in [0.4, 0.5) is 0 Å². The molecule has 1 amide bonds. The number of aromatic nitrogens is 1. The molecule has 1 aliphatic heterocycles. The molecule has 0 saturated carbocycles. The Bertz CT molecular complexity index is 459. The standard InChI is InChI=1S/C14H19BrN2O/c1-9(2)11-5-4-8-17(11)14(18)13-12(15)10(3)6-7-16-13/h6-7,9,11H,4-5,8H2,1-3H3. The highest BCUT2D eigenvalue weighted by atomic mass is 79.9. The molecule has 1 unspecified atom stereocenters. The van der Waals surface area contributed by atoms with E-state index < -0.39 is 0 Å². The van der Waals surface area contributed by atoms with Crippen molar-refractivity contribution < 1.29 is 4.79 Å². The Hall–Kier alpha value is -0.900. The summed E-state index contributed by atoms with van der Waals surface area (Å²) >= 11 is 3.47. The van der Waals surface area contributed by atoms with E-state index in [4.69, 9.17) is 0 Å². The van der Waals surface area contributed by atoms with E-state index in [-0.39, 0.29) is 5.91 Å². The van der Waals surface area contributed by atoms with Gasteiger partial charge in [-0.05, 0) is 53.2 Å². The van der Waals surface area contributed by atoms with Gasteiger partial charge in [0.25, 0.3) is 5.91 Å². The number of carbonyl (C=O) groups is 1. The van der Waals surface area contributed by atoms with Crippen LogP contribution in [0.5, 0.6) is 0 Å². The summed E-state index contributed by atoms with van der Waals surface area (Å²) < 4.78 is 0.824. The average molecular weight is 311 g/mol. The SMILES string of the molecule is Cc1ccnc(C(=O)N2CCCC2C(C)C)c1Br. The van der Waals surface area contributed by atoms with Crippen molar-refractivity contribution in [3.8, 4) is 0 Å². The van der Waals surface area contributed by atoms with Gasteiger partial charge in [0.15, 0.2) is 0 Å². The summed E-state index contributed by atoms with van der Waals surface area (Å²) in [5, 5.41) is 0. The van der Waals surface area contributed by atoms with E-state index in [1.54, 1.807) is 6.20 Å². The number of halogens is 1. The molecule has 1 aromatic rings. The first-order valence-electron chi connectivity index (χ1n) is 6.44. The number of hydrogen-bond acceptors (Lipinski definition) is 2. The highest BCUT2D eigenvalue weighted by molar-refractivity contribution is 9.10. The number of pyridine rings is 1. The van der Waals surface area contributed by atoms with Crippen LogP contribution in [0.3, 0.4) is 0 Å². The van der Waals surface area contributed by atoms with E-state index in [1.807, 2.05) is 17.9 Å². The zero-order valence-electron chi connectivity index (χ0n) is 11.1. The van der Waals surface area contributed by atoms with Crippen molar-refractivity contribution in [2.24, 2.45) is 5.92 Å². The van der Waals surface area contributed by atoms with Crippen molar-refractivity contribution in [1.82, 2.24) is 9.88 Å². The lowest BCUT2D eigenvalue weighted by atomic mass is 10.0. The lowest BCUT2D eigenvalue weighted by Gasteiger charge is -2.27. The van der Waals surface area contributed by atoms with Crippen molar-refractivity contribution >= 4 is 21.8 Å². The van der Waals surface area contributed by atoms with Crippen LogP contribution in [0, 0.1) is 12.8 Å². The molecular formula is C14H19BrN2O. The lowest BCUT2D eigenvalue weighted by Crippen LogP contribution is -2.39. The van der Waals surface area contributed by atoms with Gasteiger partial charge < -0.3 is 4.90 Å². The molecule has 1 saturated heterocycles. The number of amides is 1. The molecule has 1 atom stereocenters. The molecule has 3 nitrogen and oxygen atoms in total. The maximum atomic E-state index is 12.6. The molecule has 1 aliphatic rings. The molecule has 1 fully saturated rings. The zero-order chi connectivity index (χ0) is 13.3. The molecule has 1 aromatic heterocycles. The quantitative estimate of drug-likeness (QED) is 0.838. The third kappa shape index (κ3) is 2.44. The Morgan fingerprint density at radius 3 is 2.94 bits per heavy atom. The van der Waals surface area contributed by atoms with Crippen molar-refractivity contribution in [2.75, 3.05) is 6.54 Å². The molecule has 0 N–H and O–H groups in total. The summed E-state index contributed by atoms with van der Waals surface area (Å²) in [6.07, 6.45) is 3.90. The Morgan fingerprint density at radius 1 is 1.56 bits per heavy atom. The largest absolute Gasteiger partial charge is 0.334 e. The van der Waals surface area contributed by atoms with Gasteiger partial charge in [0.2, 0.25) is 0 Å². The minimum atomic E-state index is 0.0572. The molecule has 0 radical (unpaired) electrons. The molecule has 4 heteroatoms. The smallest absolute Gasteiger partial charge is 0.273 e. The maximum absolute atomic E-state index is 12.6. The van der Waals surface area contributed by atoms with Crippen molar-refractivity contribution in [3.05, 3.63) is 28.0 Å². The van der Waals surface area contributed by atoms with Gasteiger partial charge in [0, 0.05) is 18.8 Å². The van der Waals surface area contributed by atoms with Crippen molar-refractivity contribution in [1.29, 1.82) is 0 Å². The average Bonchev–Trinajstić information content (AvgIpc) is 2.81. The molecule has 18 heavy (non-hydrogen) atoms. The Kier molecular flexibility index (Phi) is 4.05. The van der Waals surface area contributed by atoms with E-state index in [1.165, 1.54) is 0 Å². The second-order valence-corrected chi connectivity index (χ2v) is 6.04. The normalized spacial score (nSPS) is 19.6. The van der Waals surface area contributed by atoms with Crippen LogP contribution >= 0.6 is 15.9 Å². The Balaban J connectivity index is 2.28. The van der Waals surface area contributed by atoms with Gasteiger partial charge in [-0.25, -0.2) is 4.98 Å². The van der Waals surface area contributed by atoms with Crippen LogP contribution < -0.4 is 0 Å². The molecule has 2 heterocycles. The summed E-state index contributed by atoms with van der Waals surface area (Å²) in [7, 11) is 0. The van der Waals surface area contributed by atoms with Crippen LogP contribution in [0.1, 0.15) is 42.7 Å². The van der Waals surface area contributed by atoms with Gasteiger partial charge in [0.05, 0.1) is 4.47 Å². The number of likely N-dealkylation sites (tertiary alicyclic amines) is 1. The number of nitrogens with zero attached hydrogens (tertiary/aromatic N) is 2. The molecule has 0 aliphatic carbocycles. The maximum Gasteiger partial charge on any atom is 0.273 e. The molecule has 0 spiro atoms. The highest BCUT2D eigenvalue weighted by Gasteiger charge is 2.32. The predicted molar refractivity (Wildman–Crippen MR) is 75.6 cm³/mol. The van der Waals surface area contributed by atoms with Crippen molar-refractivity contribution in [3.63, 3.8) is 0 Å². The van der Waals surface area contributed by atoms with E-state index >= 15 is 0 Å². The lowest BCUT2D eigenvalue weighted by molar-refractivity contribution is 0.0694. The molecule has 2 rings (SSSR count). The van der Waals surface area contributed by atoms with Crippen molar-refractivity contribution in [2.45, 2.75) is 39.7 Å². The predicted octanol–water partition coefficient (Wildman–Crippen LogP) is 3.41. The summed E-state index contributed by atoms with van der Waals surface area (Å²) in [4.78, 5) is 18.8. The second-order valence-electron chi connectivity index (χ2n) is 5.24. The van der Waals surface area contributed by atoms with Gasteiger partial charge >= 0.3 is 0 Å². The fourth-order valence-corrected chi connectivity index (χ4v) is 2.97. The Labute approximate surface area is 117 Å². The van der Waals surface area contributed by atoms with Crippen LogP contribution in [0.2, 0.25) is 0 Å². The third-order valence-corrected chi connectivity index (χ3v) is 4.62. The molecule has 98 valence electrons. The number of carbonyl (C=O) groups excluding carboxylic acids is 1. The van der Waals surface area contributed by atoms with Gasteiger partial charge in [0.1, 0.15) is 5.69 Å². The fourth-order valence-electron chi connectivity index (χ4n) is 2.56. The monoisotopic (exact) mass is 310 g/mol. The van der Waals surface area contributed by atoms with Gasteiger partial charge in [-0.1, -0.05) is 13.8 Å². The first-order chi connectivity index (χ1) is 8.52. The number of aryl methyl sites for hydroxylation is 1. The van der Waals surface area contributed by atoms with E-state index in [0.29, 0.717) is 17.7 Å². The van der Waals surface area contributed by atoms with Crippen LogP contribution in [-0.2, 0) is 0 Å². The summed E-state index contributed by atoms with van der Waals surface area (Å²) in [5.74, 6) is 0.557. The first-order valence-corrected chi connectivity index (χ1v) is 7.23. The topological polar surface area (TPSA) is 33.2 Å². The zero-order valence-corrected chi connectivity index (χ0v) is 12.7. The van der Waals surface area contributed by atoms with Crippen LogP contribution in [0.25, 0.3) is 0 Å². The number of rotatable bonds is 2. The van der Waals surface area contributed by atoms with Gasteiger partial charge in [-0.3, -0.25) is 4.79 Å². The molecular weight excluding hydrogens is 292 g/mol. The third-order valence-electron chi connectivity index (χ3n) is 3.61. The number of hydrogen-bond donors (Lipinski definition) is 0. The minimum absolute atomic E-state index is 0.0572. The minimum Gasteiger partial charge on any atom is -0.334 e. The fraction of sp³-hybridized carbons (Fsp3) is 0.571. The summed E-state index contributed by atoms with van der Waals surface area (Å²) in [6, 6.07) is 2.26. The highest BCUT2D eigenvalue weighted by Crippen LogP contribution is 2.27. The van der Waals surface area contributed by atoms with Gasteiger partial charge in [-0.15, -0.1) is 0 Å².